The first-order valence-corrected chi connectivity index (χ1v) is 14.9. The van der Waals surface area contributed by atoms with Gasteiger partial charge in [-0.15, -0.1) is 0 Å². The minimum Gasteiger partial charge on any atom is -0.491 e. The van der Waals surface area contributed by atoms with Crippen molar-refractivity contribution >= 4 is 33.8 Å². The molecule has 0 aromatic heterocycles. The van der Waals surface area contributed by atoms with E-state index in [9.17, 15) is 14.1 Å². The number of hydrogen-bond acceptors (Lipinski definition) is 6. The van der Waals surface area contributed by atoms with E-state index in [0.29, 0.717) is 43.2 Å². The predicted octanol–water partition coefficient (Wildman–Crippen LogP) is 6.09. The number of rotatable bonds is 0. The van der Waals surface area contributed by atoms with Gasteiger partial charge in [-0.05, 0) is 91.8 Å². The molecule has 2 heterocycles. The molecular weight excluding hydrogens is 508 g/mol. The molecule has 1 fully saturated rings. The van der Waals surface area contributed by atoms with Crippen molar-refractivity contribution in [1.82, 2.24) is 0 Å². The lowest BCUT2D eigenvalue weighted by Gasteiger charge is -2.42. The summed E-state index contributed by atoms with van der Waals surface area (Å²) in [6.45, 7) is 1.95. The van der Waals surface area contributed by atoms with E-state index in [4.69, 9.17) is 16.3 Å². The lowest BCUT2D eigenvalue weighted by molar-refractivity contribution is 0.0460. The van der Waals surface area contributed by atoms with Gasteiger partial charge in [-0.1, -0.05) is 42.0 Å². The number of allylic oxidation sites excluding steroid dienone is 1. The first-order chi connectivity index (χ1) is 18.0. The number of carbonyl (C=O) groups is 1. The molecular formula is C29H34ClN2O4S-. The van der Waals surface area contributed by atoms with Gasteiger partial charge in [-0.3, -0.25) is 4.79 Å². The van der Waals surface area contributed by atoms with Crippen LogP contribution in [0.3, 0.4) is 0 Å². The van der Waals surface area contributed by atoms with Crippen LogP contribution in [-0.2, 0) is 27.8 Å². The van der Waals surface area contributed by atoms with Crippen LogP contribution >= 0.6 is 11.6 Å². The molecule has 37 heavy (non-hydrogen) atoms. The average Bonchev–Trinajstić information content (AvgIpc) is 2.88. The summed E-state index contributed by atoms with van der Waals surface area (Å²) < 4.78 is 22.6. The molecule has 2 aromatic rings. The van der Waals surface area contributed by atoms with Gasteiger partial charge in [-0.2, -0.15) is 10.6 Å². The maximum absolute atomic E-state index is 13.0. The predicted molar refractivity (Wildman–Crippen MR) is 148 cm³/mol. The molecule has 1 saturated carbocycles. The molecule has 1 amide bonds. The maximum Gasteiger partial charge on any atom is 0.254 e. The number of aliphatic hydroxyl groups is 1. The Bertz CT molecular complexity index is 1260. The number of aliphatic hydroxyl groups excluding tert-OH is 1. The Morgan fingerprint density at radius 3 is 2.81 bits per heavy atom. The Morgan fingerprint density at radius 2 is 1.97 bits per heavy atom. The Labute approximate surface area is 225 Å². The molecule has 8 heteroatoms. The molecule has 198 valence electrons. The lowest BCUT2D eigenvalue weighted by atomic mass is 9.70. The van der Waals surface area contributed by atoms with Crippen molar-refractivity contribution < 1.29 is 18.8 Å². The SMILES string of the molecule is O=C1N=[S-](=O)CCC/C=C/[C@H](O)[C@@H]2CC[C@H]2CN2Cc3ccc(Cl)cc3CCCCOc3ccc1cc32. The molecule has 2 bridgehead atoms. The van der Waals surface area contributed by atoms with Gasteiger partial charge in [-0.25, -0.2) is 0 Å². The van der Waals surface area contributed by atoms with E-state index in [0.717, 1.165) is 55.1 Å². The van der Waals surface area contributed by atoms with Crippen molar-refractivity contribution in [2.45, 2.75) is 57.6 Å². The Balaban J connectivity index is 1.59. The second-order valence-corrected chi connectivity index (χ2v) is 11.9. The van der Waals surface area contributed by atoms with Crippen LogP contribution in [0.4, 0.5) is 5.69 Å². The van der Waals surface area contributed by atoms with Crippen LogP contribution in [0, 0.1) is 11.8 Å². The number of hydrogen-bond donors (Lipinski definition) is 1. The number of carbonyl (C=O) groups excluding carboxylic acids is 1. The third kappa shape index (κ3) is 6.39. The monoisotopic (exact) mass is 541 g/mol. The number of amides is 1. The maximum atomic E-state index is 13.0. The highest BCUT2D eigenvalue weighted by molar-refractivity contribution is 7.75. The van der Waals surface area contributed by atoms with Gasteiger partial charge in [0, 0.05) is 23.7 Å². The van der Waals surface area contributed by atoms with Crippen LogP contribution in [-0.4, -0.2) is 36.0 Å². The van der Waals surface area contributed by atoms with Crippen molar-refractivity contribution in [3.8, 4) is 5.75 Å². The van der Waals surface area contributed by atoms with Crippen molar-refractivity contribution in [3.63, 3.8) is 0 Å². The van der Waals surface area contributed by atoms with Crippen molar-refractivity contribution in [3.05, 3.63) is 70.3 Å². The van der Waals surface area contributed by atoms with E-state index in [2.05, 4.69) is 21.4 Å². The van der Waals surface area contributed by atoms with Gasteiger partial charge in [0.05, 0.1) is 18.4 Å². The molecule has 1 N–H and O–H groups in total. The second-order valence-electron chi connectivity index (χ2n) is 10.3. The average molecular weight is 542 g/mol. The lowest BCUT2D eigenvalue weighted by Crippen LogP contribution is -2.42. The standard InChI is InChI=1S/C29H34ClN2O4S/c30-24-11-8-22-18-32-19-23-9-12-25(23)27(33)7-2-1-5-15-37(35)31-29(34)21-10-13-28(26(32)17-21)36-14-4-3-6-20(22)16-24/h2,7-8,10-11,13,16-17,23,25,27,33H,1,3-6,9,12,14-15,18-19H2/q-1/b7-2+/t23-,25+,27-/m0/s1. The number of halogens is 1. The molecule has 2 aliphatic heterocycles. The fraction of sp³-hybridized carbons (Fsp3) is 0.483. The van der Waals surface area contributed by atoms with Crippen LogP contribution in [0.5, 0.6) is 5.75 Å². The second kappa shape index (κ2) is 12.0. The van der Waals surface area contributed by atoms with E-state index >= 15 is 0 Å². The number of fused-ring (bicyclic) bond motifs is 3. The smallest absolute Gasteiger partial charge is 0.254 e. The molecule has 1 aliphatic carbocycles. The van der Waals surface area contributed by atoms with Gasteiger partial charge in [0.2, 0.25) is 0 Å². The minimum atomic E-state index is -1.59. The largest absolute Gasteiger partial charge is 0.491 e. The number of benzene rings is 2. The zero-order valence-corrected chi connectivity index (χ0v) is 22.6. The van der Waals surface area contributed by atoms with Crippen LogP contribution in [0.1, 0.15) is 60.0 Å². The molecule has 0 spiro atoms. The molecule has 0 unspecified atom stereocenters. The molecule has 3 atom stereocenters. The third-order valence-electron chi connectivity index (χ3n) is 7.75. The quantitative estimate of drug-likeness (QED) is 0.322. The van der Waals surface area contributed by atoms with E-state index in [1.54, 1.807) is 6.07 Å². The Morgan fingerprint density at radius 1 is 1.08 bits per heavy atom. The van der Waals surface area contributed by atoms with E-state index < -0.39 is 22.6 Å². The molecule has 0 saturated heterocycles. The highest BCUT2D eigenvalue weighted by atomic mass is 35.5. The normalized spacial score (nSPS) is 26.4. The highest BCUT2D eigenvalue weighted by Gasteiger charge is 2.37. The van der Waals surface area contributed by atoms with Gasteiger partial charge in [0.25, 0.3) is 5.91 Å². The van der Waals surface area contributed by atoms with Crippen LogP contribution in [0.2, 0.25) is 5.02 Å². The topological polar surface area (TPSA) is 79.2 Å². The summed E-state index contributed by atoms with van der Waals surface area (Å²) in [5.41, 5.74) is 3.67. The van der Waals surface area contributed by atoms with Crippen LogP contribution in [0.15, 0.2) is 52.9 Å². The Hall–Kier alpha value is -2.35. The first kappa shape index (κ1) is 26.3. The number of aryl methyl sites for hydroxylation is 1. The summed E-state index contributed by atoms with van der Waals surface area (Å²) in [4.78, 5) is 15.2. The van der Waals surface area contributed by atoms with Crippen molar-refractivity contribution in [2.75, 3.05) is 23.8 Å². The minimum absolute atomic E-state index is 0.186. The summed E-state index contributed by atoms with van der Waals surface area (Å²) in [6, 6.07) is 11.5. The van der Waals surface area contributed by atoms with Crippen molar-refractivity contribution in [1.29, 1.82) is 0 Å². The van der Waals surface area contributed by atoms with E-state index in [1.165, 1.54) is 11.1 Å². The number of ether oxygens (including phenoxy) is 1. The summed E-state index contributed by atoms with van der Waals surface area (Å²) >= 11 is 6.36. The fourth-order valence-corrected chi connectivity index (χ4v) is 6.49. The molecule has 5 rings (SSSR count). The van der Waals surface area contributed by atoms with Crippen LogP contribution in [0.25, 0.3) is 0 Å². The summed E-state index contributed by atoms with van der Waals surface area (Å²) in [5.74, 6) is 1.08. The summed E-state index contributed by atoms with van der Waals surface area (Å²) in [7, 11) is -1.59. The number of anilines is 1. The Kier molecular flexibility index (Phi) is 8.53. The van der Waals surface area contributed by atoms with Gasteiger partial charge < -0.3 is 23.3 Å². The third-order valence-corrected chi connectivity index (χ3v) is 8.99. The van der Waals surface area contributed by atoms with E-state index in [-0.39, 0.29) is 5.92 Å². The summed E-state index contributed by atoms with van der Waals surface area (Å²) in [6.07, 6.45) is 9.55. The molecule has 6 nitrogen and oxygen atoms in total. The highest BCUT2D eigenvalue weighted by Crippen LogP contribution is 2.41. The zero-order valence-electron chi connectivity index (χ0n) is 21.0. The molecule has 3 aliphatic rings. The first-order valence-electron chi connectivity index (χ1n) is 13.3. The zero-order chi connectivity index (χ0) is 25.8. The number of nitrogens with zero attached hydrogens (tertiary/aromatic N) is 2. The molecule has 0 radical (unpaired) electrons. The van der Waals surface area contributed by atoms with E-state index in [1.807, 2.05) is 30.4 Å². The fourth-order valence-electron chi connectivity index (χ4n) is 5.50. The van der Waals surface area contributed by atoms with Crippen molar-refractivity contribution in [2.24, 2.45) is 16.2 Å². The van der Waals surface area contributed by atoms with Gasteiger partial charge in [0.15, 0.2) is 0 Å². The van der Waals surface area contributed by atoms with Gasteiger partial charge >= 0.3 is 0 Å². The molecule has 2 aromatic carbocycles. The van der Waals surface area contributed by atoms with Gasteiger partial charge in [0.1, 0.15) is 5.75 Å². The van der Waals surface area contributed by atoms with Crippen LogP contribution < -0.4 is 9.64 Å². The summed E-state index contributed by atoms with van der Waals surface area (Å²) in [5, 5.41) is 11.6.